The molecule has 1 aliphatic heterocycles. The number of carboxylic acids is 1. The van der Waals surface area contributed by atoms with Gasteiger partial charge in [-0.15, -0.1) is 0 Å². The number of amides is 2. The molecule has 11 nitrogen and oxygen atoms in total. The third kappa shape index (κ3) is 6.98. The van der Waals surface area contributed by atoms with Gasteiger partial charge in [0.2, 0.25) is 0 Å². The molecule has 2 N–H and O–H groups in total. The summed E-state index contributed by atoms with van der Waals surface area (Å²) in [6.45, 7) is 22.7. The highest BCUT2D eigenvalue weighted by Crippen LogP contribution is 2.76. The minimum absolute atomic E-state index is 0.0135. The fourth-order valence-electron chi connectivity index (χ4n) is 16.5. The number of hydrogen-bond acceptors (Lipinski definition) is 7. The summed E-state index contributed by atoms with van der Waals surface area (Å²) in [6, 6.07) is 10.2. The van der Waals surface area contributed by atoms with E-state index in [1.807, 2.05) is 31.0 Å². The van der Waals surface area contributed by atoms with Gasteiger partial charge in [-0.05, 0) is 147 Å². The highest BCUT2D eigenvalue weighted by atomic mass is 16.5. The number of urea groups is 1. The molecule has 11 heteroatoms. The number of Topliss-reactive ketones (excluding diaryl/α,β-unsaturated/α-hetero) is 1. The molecule has 9 rings (SSSR count). The number of carboxylic acid groups (broad SMARTS) is 1. The Morgan fingerprint density at radius 2 is 1.61 bits per heavy atom. The molecule has 0 bridgehead atoms. The average molecular weight is 906 g/mol. The molecular weight excluding hydrogens is 827 g/mol. The van der Waals surface area contributed by atoms with Gasteiger partial charge in [0, 0.05) is 31.5 Å². The first-order valence-electron chi connectivity index (χ1n) is 25.6. The predicted octanol–water partition coefficient (Wildman–Crippen LogP) is 10.3. The SMILES string of the molecule is CC(C)C1=C2[C@H]3CC[C@@H]4[C@@]5(C)CC[C@H](OC(=O)[C@H]6C[C@@H](C(=O)O)C6(C)C)C(C)(C)[C@@H]5CC[C@@]4(C)[C@]3(C)CC[C@@]2(NC(=O)N2CCC[C@H]2c2ncc(-c3ccccc3)n2CCN(C)C)CC1=O. The van der Waals surface area contributed by atoms with Crippen molar-refractivity contribution in [3.8, 4) is 11.3 Å². The highest BCUT2D eigenvalue weighted by molar-refractivity contribution is 6.02. The van der Waals surface area contributed by atoms with E-state index in [0.717, 1.165) is 100.0 Å². The van der Waals surface area contributed by atoms with Gasteiger partial charge in [0.15, 0.2) is 5.78 Å². The Morgan fingerprint density at radius 1 is 0.879 bits per heavy atom. The van der Waals surface area contributed by atoms with Crippen LogP contribution in [0.4, 0.5) is 4.79 Å². The summed E-state index contributed by atoms with van der Waals surface area (Å²) in [5, 5.41) is 13.4. The first kappa shape index (κ1) is 47.1. The molecular formula is C55H79N5O6. The number of likely N-dealkylation sites (tertiary alicyclic amines) is 1. The second-order valence-electron chi connectivity index (χ2n) is 24.7. The number of ketones is 1. The van der Waals surface area contributed by atoms with E-state index >= 15 is 4.79 Å². The van der Waals surface area contributed by atoms with Crippen molar-refractivity contribution in [2.24, 2.45) is 62.6 Å². The van der Waals surface area contributed by atoms with Crippen molar-refractivity contribution in [2.45, 2.75) is 164 Å². The van der Waals surface area contributed by atoms with E-state index in [1.165, 1.54) is 5.57 Å². The maximum atomic E-state index is 15.1. The minimum atomic E-state index is -0.833. The number of nitrogens with zero attached hydrogens (tertiary/aromatic N) is 4. The van der Waals surface area contributed by atoms with Crippen LogP contribution in [0, 0.1) is 62.6 Å². The van der Waals surface area contributed by atoms with Crippen molar-refractivity contribution in [1.29, 1.82) is 0 Å². The van der Waals surface area contributed by atoms with E-state index in [1.54, 1.807) is 0 Å². The number of ether oxygens (including phenoxy) is 1. The Labute approximate surface area is 394 Å². The van der Waals surface area contributed by atoms with Gasteiger partial charge in [-0.3, -0.25) is 14.4 Å². The number of benzene rings is 1. The summed E-state index contributed by atoms with van der Waals surface area (Å²) in [5.74, 6) is 0.246. The lowest BCUT2D eigenvalue weighted by molar-refractivity contribution is -0.235. The number of aromatic nitrogens is 2. The molecule has 0 unspecified atom stereocenters. The first-order chi connectivity index (χ1) is 31.0. The third-order valence-corrected chi connectivity index (χ3v) is 20.4. The number of nitrogens with one attached hydrogen (secondary N) is 1. The number of carbonyl (C=O) groups is 4. The number of fused-ring (bicyclic) bond motifs is 7. The summed E-state index contributed by atoms with van der Waals surface area (Å²) < 4.78 is 8.79. The normalized spacial score (nSPS) is 37.7. The molecule has 2 aromatic rings. The topological polar surface area (TPSA) is 134 Å². The molecule has 6 fully saturated rings. The van der Waals surface area contributed by atoms with Gasteiger partial charge in [-0.1, -0.05) is 92.6 Å². The van der Waals surface area contributed by atoms with Gasteiger partial charge < -0.3 is 29.5 Å². The quantitative estimate of drug-likeness (QED) is 0.225. The summed E-state index contributed by atoms with van der Waals surface area (Å²) in [4.78, 5) is 64.4. The Morgan fingerprint density at radius 3 is 2.27 bits per heavy atom. The van der Waals surface area contributed by atoms with Gasteiger partial charge in [0.1, 0.15) is 11.9 Å². The fourth-order valence-corrected chi connectivity index (χ4v) is 16.5. The lowest BCUT2D eigenvalue weighted by Crippen LogP contribution is -2.67. The zero-order valence-electron chi connectivity index (χ0n) is 42.0. The van der Waals surface area contributed by atoms with Crippen LogP contribution in [-0.4, -0.2) is 87.0 Å². The average Bonchev–Trinajstić information content (AvgIpc) is 3.97. The second kappa shape index (κ2) is 16.3. The molecule has 1 aromatic carbocycles. The van der Waals surface area contributed by atoms with Crippen LogP contribution in [0.5, 0.6) is 0 Å². The highest BCUT2D eigenvalue weighted by Gasteiger charge is 2.71. The number of carbonyl (C=O) groups excluding carboxylic acids is 3. The fraction of sp³-hybridized carbons (Fsp3) is 0.727. The van der Waals surface area contributed by atoms with Crippen LogP contribution in [-0.2, 0) is 25.7 Å². The smallest absolute Gasteiger partial charge is 0.318 e. The Hall–Kier alpha value is -3.99. The molecule has 0 radical (unpaired) electrons. The van der Waals surface area contributed by atoms with E-state index in [9.17, 15) is 19.5 Å². The number of likely N-dealkylation sites (N-methyl/N-ethyl adjacent to an activating group) is 1. The largest absolute Gasteiger partial charge is 0.481 e. The molecule has 5 saturated carbocycles. The second-order valence-corrected chi connectivity index (χ2v) is 24.7. The lowest BCUT2D eigenvalue weighted by atomic mass is 9.33. The van der Waals surface area contributed by atoms with Crippen LogP contribution in [0.25, 0.3) is 11.3 Å². The maximum Gasteiger partial charge on any atom is 0.318 e. The molecule has 2 amide bonds. The number of allylic oxidation sites excluding steroid dienone is 1. The zero-order chi connectivity index (χ0) is 47.5. The van der Waals surface area contributed by atoms with Crippen molar-refractivity contribution >= 4 is 23.8 Å². The van der Waals surface area contributed by atoms with Gasteiger partial charge in [0.05, 0.1) is 35.3 Å². The summed E-state index contributed by atoms with van der Waals surface area (Å²) in [5.41, 5.74) is 2.82. The number of esters is 1. The van der Waals surface area contributed by atoms with Crippen LogP contribution in [0.15, 0.2) is 47.7 Å². The van der Waals surface area contributed by atoms with Gasteiger partial charge in [0.25, 0.3) is 0 Å². The Balaban J connectivity index is 0.972. The van der Waals surface area contributed by atoms with Crippen LogP contribution in [0.3, 0.4) is 0 Å². The number of hydrogen-bond donors (Lipinski definition) is 2. The van der Waals surface area contributed by atoms with Crippen molar-refractivity contribution in [3.63, 3.8) is 0 Å². The molecule has 66 heavy (non-hydrogen) atoms. The summed E-state index contributed by atoms with van der Waals surface area (Å²) in [6.07, 6.45) is 11.9. The predicted molar refractivity (Wildman–Crippen MR) is 256 cm³/mol. The molecule has 0 spiro atoms. The van der Waals surface area contributed by atoms with Crippen LogP contribution < -0.4 is 5.32 Å². The molecule has 1 saturated heterocycles. The maximum absolute atomic E-state index is 15.1. The number of aliphatic carboxylic acids is 1. The monoisotopic (exact) mass is 906 g/mol. The molecule has 360 valence electrons. The molecule has 11 atom stereocenters. The van der Waals surface area contributed by atoms with E-state index < -0.39 is 28.8 Å². The van der Waals surface area contributed by atoms with Crippen LogP contribution in [0.2, 0.25) is 0 Å². The van der Waals surface area contributed by atoms with Gasteiger partial charge >= 0.3 is 18.0 Å². The van der Waals surface area contributed by atoms with Gasteiger partial charge in [-0.2, -0.15) is 0 Å². The van der Waals surface area contributed by atoms with E-state index in [2.05, 4.69) is 102 Å². The molecule has 1 aromatic heterocycles. The van der Waals surface area contributed by atoms with Crippen molar-refractivity contribution < 1.29 is 29.0 Å². The number of imidazole rings is 1. The van der Waals surface area contributed by atoms with Crippen molar-refractivity contribution in [3.05, 3.63) is 53.5 Å². The van der Waals surface area contributed by atoms with Crippen molar-refractivity contribution in [2.75, 3.05) is 27.2 Å². The number of rotatable bonds is 10. The minimum Gasteiger partial charge on any atom is -0.481 e. The van der Waals surface area contributed by atoms with Crippen molar-refractivity contribution in [1.82, 2.24) is 24.7 Å². The summed E-state index contributed by atoms with van der Waals surface area (Å²) in [7, 11) is 4.18. The van der Waals surface area contributed by atoms with E-state index in [-0.39, 0.29) is 63.4 Å². The standard InChI is InChI=1S/C55H79N5O6/c1-33(2)44-40(61)31-55(57-49(65)60-27-15-18-38(60)46-56-32-39(34-16-13-12-14-17-34)59(46)29-28-58(10)11)26-25-53(8)35(45(44)55)19-20-42-52(7)23-22-43(51(5,6)41(52)21-24-54(42,53)9)66-48(64)37-30-36(47(62)63)50(37,3)4/h12-14,16-17,32-33,35-38,41-43H,15,18-31H2,1-11H3,(H,57,65)(H,62,63)/t35-,36+,37-,38+,41+,42-,43+,52+,53-,54-,55-/m1/s1. The summed E-state index contributed by atoms with van der Waals surface area (Å²) >= 11 is 0. The van der Waals surface area contributed by atoms with Gasteiger partial charge in [-0.25, -0.2) is 9.78 Å². The Kier molecular flexibility index (Phi) is 11.6. The van der Waals surface area contributed by atoms with Crippen LogP contribution >= 0.6 is 0 Å². The molecule has 7 aliphatic rings. The van der Waals surface area contributed by atoms with E-state index in [4.69, 9.17) is 9.72 Å². The molecule has 2 heterocycles. The lowest BCUT2D eigenvalue weighted by Gasteiger charge is -2.72. The van der Waals surface area contributed by atoms with Crippen LogP contribution in [0.1, 0.15) is 151 Å². The third-order valence-electron chi connectivity index (χ3n) is 20.4. The Bertz CT molecular complexity index is 2300. The first-order valence-corrected chi connectivity index (χ1v) is 25.6. The molecule has 6 aliphatic carbocycles. The van der Waals surface area contributed by atoms with E-state index in [0.29, 0.717) is 31.2 Å². The zero-order valence-corrected chi connectivity index (χ0v) is 42.0.